The van der Waals surface area contributed by atoms with Crippen LogP contribution < -0.4 is 0 Å². The summed E-state index contributed by atoms with van der Waals surface area (Å²) in [5.74, 6) is -1.60. The Morgan fingerprint density at radius 1 is 1.21 bits per heavy atom. The van der Waals surface area contributed by atoms with Crippen molar-refractivity contribution >= 4 is 16.1 Å². The first-order valence-corrected chi connectivity index (χ1v) is 5.17. The van der Waals surface area contributed by atoms with Gasteiger partial charge < -0.3 is 5.11 Å². The molecule has 0 aliphatic rings. The molecule has 14 heavy (non-hydrogen) atoms. The number of carbonyl (C=O) groups is 1. The summed E-state index contributed by atoms with van der Waals surface area (Å²) in [4.78, 5) is 10.6. The van der Waals surface area contributed by atoms with Crippen molar-refractivity contribution in [3.8, 4) is 0 Å². The highest BCUT2D eigenvalue weighted by molar-refractivity contribution is 7.86. The molecular weight excluding hydrogens is 208 g/mol. The topological polar surface area (TPSA) is 91.7 Å². The number of carboxylic acids is 1. The van der Waals surface area contributed by atoms with Crippen LogP contribution in [-0.2, 0) is 14.9 Å². The molecule has 0 radical (unpaired) electrons. The van der Waals surface area contributed by atoms with Gasteiger partial charge in [-0.3, -0.25) is 9.35 Å². The third-order valence-corrected chi connectivity index (χ3v) is 2.69. The van der Waals surface area contributed by atoms with Gasteiger partial charge in [-0.1, -0.05) is 30.3 Å². The van der Waals surface area contributed by atoms with Crippen molar-refractivity contribution in [2.24, 2.45) is 0 Å². The van der Waals surface area contributed by atoms with Gasteiger partial charge in [-0.05, 0) is 5.56 Å². The van der Waals surface area contributed by atoms with Gasteiger partial charge in [0, 0.05) is 0 Å². The van der Waals surface area contributed by atoms with E-state index in [9.17, 15) is 13.2 Å². The van der Waals surface area contributed by atoms with Crippen LogP contribution in [0.1, 0.15) is 10.8 Å². The number of aliphatic carboxylic acids is 1. The van der Waals surface area contributed by atoms with Crippen LogP contribution in [0.3, 0.4) is 0 Å². The Morgan fingerprint density at radius 3 is 2.07 bits per heavy atom. The Kier molecular flexibility index (Phi) is 2.87. The van der Waals surface area contributed by atoms with Crippen LogP contribution in [0, 0.1) is 0 Å². The summed E-state index contributed by atoms with van der Waals surface area (Å²) in [7, 11) is -4.62. The van der Waals surface area contributed by atoms with Gasteiger partial charge in [0.15, 0.2) is 0 Å². The molecule has 0 aromatic heterocycles. The standard InChI is InChI=1S/C8H8O5S/c9-8(10)7(14(11,12)13)6-4-2-1-3-5-6/h1-5,7H,(H,9,10)(H,11,12,13)/t7-/m0/s1. The van der Waals surface area contributed by atoms with Gasteiger partial charge in [0.25, 0.3) is 10.1 Å². The van der Waals surface area contributed by atoms with E-state index in [-0.39, 0.29) is 5.56 Å². The molecule has 0 heterocycles. The molecule has 5 nitrogen and oxygen atoms in total. The normalized spacial score (nSPS) is 13.5. The zero-order valence-electron chi connectivity index (χ0n) is 6.99. The molecule has 0 aliphatic carbocycles. The lowest BCUT2D eigenvalue weighted by molar-refractivity contribution is -0.136. The fourth-order valence-electron chi connectivity index (χ4n) is 1.07. The largest absolute Gasteiger partial charge is 0.480 e. The van der Waals surface area contributed by atoms with Crippen molar-refractivity contribution in [2.75, 3.05) is 0 Å². The average molecular weight is 216 g/mol. The maximum absolute atomic E-state index is 10.7. The Bertz CT molecular complexity index is 422. The second-order valence-electron chi connectivity index (χ2n) is 2.64. The number of benzene rings is 1. The van der Waals surface area contributed by atoms with E-state index >= 15 is 0 Å². The minimum absolute atomic E-state index is 0.0301. The molecule has 1 atom stereocenters. The smallest absolute Gasteiger partial charge is 0.329 e. The molecule has 1 rings (SSSR count). The Hall–Kier alpha value is -1.40. The number of carboxylic acid groups (broad SMARTS) is 1. The minimum Gasteiger partial charge on any atom is -0.480 e. The lowest BCUT2D eigenvalue weighted by Crippen LogP contribution is -2.21. The van der Waals surface area contributed by atoms with E-state index in [1.54, 1.807) is 6.07 Å². The molecule has 0 saturated heterocycles. The van der Waals surface area contributed by atoms with E-state index in [0.717, 1.165) is 0 Å². The van der Waals surface area contributed by atoms with E-state index in [0.29, 0.717) is 0 Å². The zero-order chi connectivity index (χ0) is 10.8. The van der Waals surface area contributed by atoms with Crippen molar-refractivity contribution in [2.45, 2.75) is 5.25 Å². The van der Waals surface area contributed by atoms with Gasteiger partial charge in [0.05, 0.1) is 0 Å². The second kappa shape index (κ2) is 3.77. The molecule has 2 N–H and O–H groups in total. The first kappa shape index (κ1) is 10.7. The van der Waals surface area contributed by atoms with E-state index < -0.39 is 21.3 Å². The van der Waals surface area contributed by atoms with E-state index in [2.05, 4.69) is 0 Å². The molecule has 0 bridgehead atoms. The number of rotatable bonds is 3. The number of hydrogen-bond donors (Lipinski definition) is 2. The van der Waals surface area contributed by atoms with Crippen LogP contribution >= 0.6 is 0 Å². The van der Waals surface area contributed by atoms with Crippen molar-refractivity contribution in [1.29, 1.82) is 0 Å². The second-order valence-corrected chi connectivity index (χ2v) is 4.15. The first-order chi connectivity index (χ1) is 6.43. The van der Waals surface area contributed by atoms with Gasteiger partial charge >= 0.3 is 5.97 Å². The monoisotopic (exact) mass is 216 g/mol. The predicted octanol–water partition coefficient (Wildman–Crippen LogP) is 0.700. The van der Waals surface area contributed by atoms with Gasteiger partial charge in [0.1, 0.15) is 0 Å². The third kappa shape index (κ3) is 2.30. The average Bonchev–Trinajstić information content (AvgIpc) is 2.02. The lowest BCUT2D eigenvalue weighted by Gasteiger charge is -2.08. The van der Waals surface area contributed by atoms with E-state index in [4.69, 9.17) is 9.66 Å². The Balaban J connectivity index is 3.22. The molecule has 0 fully saturated rings. The number of hydrogen-bond acceptors (Lipinski definition) is 3. The van der Waals surface area contributed by atoms with E-state index in [1.807, 2.05) is 0 Å². The quantitative estimate of drug-likeness (QED) is 0.725. The highest BCUT2D eigenvalue weighted by Gasteiger charge is 2.32. The van der Waals surface area contributed by atoms with Crippen LogP contribution in [0.25, 0.3) is 0 Å². The molecule has 0 aliphatic heterocycles. The Morgan fingerprint density at radius 2 is 1.71 bits per heavy atom. The van der Waals surface area contributed by atoms with Crippen LogP contribution in [0.15, 0.2) is 30.3 Å². The van der Waals surface area contributed by atoms with Crippen molar-refractivity contribution in [3.05, 3.63) is 35.9 Å². The summed E-state index contributed by atoms with van der Waals surface area (Å²) >= 11 is 0. The summed E-state index contributed by atoms with van der Waals surface area (Å²) in [6, 6.07) is 7.26. The molecule has 1 aromatic carbocycles. The minimum atomic E-state index is -4.62. The van der Waals surface area contributed by atoms with Crippen LogP contribution in [0.4, 0.5) is 0 Å². The van der Waals surface area contributed by atoms with Crippen molar-refractivity contribution in [1.82, 2.24) is 0 Å². The van der Waals surface area contributed by atoms with Crippen molar-refractivity contribution in [3.63, 3.8) is 0 Å². The maximum atomic E-state index is 10.7. The van der Waals surface area contributed by atoms with Crippen molar-refractivity contribution < 1.29 is 22.9 Å². The third-order valence-electron chi connectivity index (χ3n) is 1.62. The molecule has 76 valence electrons. The molecule has 0 amide bonds. The van der Waals surface area contributed by atoms with Crippen LogP contribution in [0.5, 0.6) is 0 Å². The predicted molar refractivity (Wildman–Crippen MR) is 48.4 cm³/mol. The summed E-state index contributed by atoms with van der Waals surface area (Å²) in [5.41, 5.74) is 0.0301. The molecule has 6 heteroatoms. The van der Waals surface area contributed by atoms with Gasteiger partial charge in [0.2, 0.25) is 5.25 Å². The highest BCUT2D eigenvalue weighted by Crippen LogP contribution is 2.20. The summed E-state index contributed by atoms with van der Waals surface area (Å²) in [6.45, 7) is 0. The molecule has 1 aromatic rings. The van der Waals surface area contributed by atoms with E-state index in [1.165, 1.54) is 24.3 Å². The van der Waals surface area contributed by atoms with Crippen LogP contribution in [-0.4, -0.2) is 24.0 Å². The lowest BCUT2D eigenvalue weighted by atomic mass is 10.1. The Labute approximate surface area is 80.7 Å². The fourth-order valence-corrected chi connectivity index (χ4v) is 1.83. The maximum Gasteiger partial charge on any atom is 0.329 e. The summed E-state index contributed by atoms with van der Waals surface area (Å²) in [5, 5.41) is 6.71. The molecule has 0 unspecified atom stereocenters. The van der Waals surface area contributed by atoms with Gasteiger partial charge in [-0.2, -0.15) is 8.42 Å². The zero-order valence-corrected chi connectivity index (χ0v) is 7.81. The fraction of sp³-hybridized carbons (Fsp3) is 0.125. The summed E-state index contributed by atoms with van der Waals surface area (Å²) < 4.78 is 30.2. The molecule has 0 saturated carbocycles. The van der Waals surface area contributed by atoms with Crippen LogP contribution in [0.2, 0.25) is 0 Å². The summed E-state index contributed by atoms with van der Waals surface area (Å²) in [6.07, 6.45) is 0. The first-order valence-electron chi connectivity index (χ1n) is 3.67. The SMILES string of the molecule is O=C(O)[C@H](c1ccccc1)S(=O)(=O)O. The highest BCUT2D eigenvalue weighted by atomic mass is 32.2. The van der Waals surface area contributed by atoms with Gasteiger partial charge in [-0.15, -0.1) is 0 Å². The van der Waals surface area contributed by atoms with Gasteiger partial charge in [-0.25, -0.2) is 0 Å². The molecular formula is C8H8O5S. The molecule has 0 spiro atoms.